The Hall–Kier alpha value is -0.846. The minimum atomic E-state index is 0. The SMILES string of the molecule is [CH]1[CH][CH][CH][CH]1.[CH]1[CH][CH][CH][CH]1.[Ti+2].[c-]1ccccc1.[c-]1ccccc1. The molecule has 0 aliphatic heterocycles. The summed E-state index contributed by atoms with van der Waals surface area (Å²) in [5.41, 5.74) is 0. The van der Waals surface area contributed by atoms with Crippen LogP contribution in [0, 0.1) is 76.3 Å². The van der Waals surface area contributed by atoms with E-state index in [-0.39, 0.29) is 21.7 Å². The molecule has 0 N–H and O–H groups in total. The van der Waals surface area contributed by atoms with E-state index >= 15 is 0 Å². The minimum Gasteiger partial charge on any atom is -0.184 e. The third-order valence-corrected chi connectivity index (χ3v) is 2.33. The molecule has 2 aromatic carbocycles. The maximum atomic E-state index is 2.89. The first kappa shape index (κ1) is 22.2. The van der Waals surface area contributed by atoms with Gasteiger partial charge in [0.15, 0.2) is 0 Å². The minimum absolute atomic E-state index is 0. The summed E-state index contributed by atoms with van der Waals surface area (Å²) >= 11 is 0. The molecule has 0 aromatic heterocycles. The van der Waals surface area contributed by atoms with Gasteiger partial charge in [0.05, 0.1) is 0 Å². The van der Waals surface area contributed by atoms with Crippen LogP contribution in [-0.4, -0.2) is 0 Å². The summed E-state index contributed by atoms with van der Waals surface area (Å²) in [6.07, 6.45) is 20.0. The monoisotopic (exact) mass is 332 g/mol. The zero-order valence-electron chi connectivity index (χ0n) is 13.0. The predicted octanol–water partition coefficient (Wildman–Crippen LogP) is 5.01. The van der Waals surface area contributed by atoms with Crippen molar-refractivity contribution < 1.29 is 21.7 Å². The first-order valence-electron chi connectivity index (χ1n) is 7.15. The van der Waals surface area contributed by atoms with Crippen LogP contribution in [0.25, 0.3) is 0 Å². The summed E-state index contributed by atoms with van der Waals surface area (Å²) in [4.78, 5) is 0. The summed E-state index contributed by atoms with van der Waals surface area (Å²) in [6.45, 7) is 0. The zero-order chi connectivity index (χ0) is 15.6. The molecule has 10 radical (unpaired) electrons. The molecule has 2 aliphatic carbocycles. The van der Waals surface area contributed by atoms with Crippen LogP contribution in [0.1, 0.15) is 0 Å². The van der Waals surface area contributed by atoms with Crippen molar-refractivity contribution >= 4 is 0 Å². The number of benzene rings is 2. The van der Waals surface area contributed by atoms with Crippen molar-refractivity contribution in [3.63, 3.8) is 0 Å². The standard InChI is InChI=1S/2C6H5.2C5H5.Ti/c2*1-2-4-6-5-3-1;2*1-2-4-5-3-1;/h2*1-5H;2*1-5H;/q2*-1;;;+2. The number of rotatable bonds is 0. The van der Waals surface area contributed by atoms with E-state index in [1.54, 1.807) is 0 Å². The Balaban J connectivity index is 0.000000278. The molecule has 0 nitrogen and oxygen atoms in total. The van der Waals surface area contributed by atoms with Crippen LogP contribution in [0.5, 0.6) is 0 Å². The van der Waals surface area contributed by atoms with Gasteiger partial charge in [0.2, 0.25) is 0 Å². The van der Waals surface area contributed by atoms with Crippen LogP contribution < -0.4 is 0 Å². The molecule has 0 heterocycles. The van der Waals surface area contributed by atoms with Crippen molar-refractivity contribution in [1.29, 1.82) is 0 Å². The van der Waals surface area contributed by atoms with Crippen molar-refractivity contribution in [2.24, 2.45) is 0 Å². The van der Waals surface area contributed by atoms with Gasteiger partial charge in [-0.1, -0.05) is 0 Å². The molecule has 23 heavy (non-hydrogen) atoms. The third kappa shape index (κ3) is 17.3. The molecule has 0 amide bonds. The van der Waals surface area contributed by atoms with Gasteiger partial charge in [-0.2, -0.15) is 72.8 Å². The van der Waals surface area contributed by atoms with E-state index in [9.17, 15) is 0 Å². The van der Waals surface area contributed by atoms with E-state index in [0.29, 0.717) is 0 Å². The summed E-state index contributed by atoms with van der Waals surface area (Å²) < 4.78 is 0. The average molecular weight is 332 g/mol. The van der Waals surface area contributed by atoms with Gasteiger partial charge in [-0.15, -0.1) is 0 Å². The fourth-order valence-electron chi connectivity index (χ4n) is 1.33. The van der Waals surface area contributed by atoms with Gasteiger partial charge in [-0.05, 0) is 64.2 Å². The maximum absolute atomic E-state index is 2.89. The van der Waals surface area contributed by atoms with Crippen LogP contribution in [0.2, 0.25) is 0 Å². The fourth-order valence-corrected chi connectivity index (χ4v) is 1.33. The van der Waals surface area contributed by atoms with Crippen molar-refractivity contribution in [3.05, 3.63) is 137 Å². The van der Waals surface area contributed by atoms with E-state index < -0.39 is 0 Å². The average Bonchev–Trinajstić information content (AvgIpc) is 3.37. The molecule has 4 rings (SSSR count). The van der Waals surface area contributed by atoms with E-state index in [2.05, 4.69) is 12.1 Å². The summed E-state index contributed by atoms with van der Waals surface area (Å²) in [5.74, 6) is 0. The van der Waals surface area contributed by atoms with E-state index in [4.69, 9.17) is 0 Å². The Bertz CT molecular complexity index is 281. The molecular formula is C22H20Ti. The second-order valence-corrected chi connectivity index (χ2v) is 4.08. The molecule has 2 fully saturated rings. The molecule has 0 saturated heterocycles. The van der Waals surface area contributed by atoms with Gasteiger partial charge in [-0.3, -0.25) is 0 Å². The van der Waals surface area contributed by atoms with Crippen molar-refractivity contribution in [1.82, 2.24) is 0 Å². The van der Waals surface area contributed by atoms with Crippen LogP contribution in [0.15, 0.2) is 60.7 Å². The normalized spacial score (nSPS) is 14.6. The zero-order valence-corrected chi connectivity index (χ0v) is 14.6. The third-order valence-electron chi connectivity index (χ3n) is 2.33. The van der Waals surface area contributed by atoms with Gasteiger partial charge in [-0.25, -0.2) is 0 Å². The molecule has 0 atom stereocenters. The molecular weight excluding hydrogens is 312 g/mol. The Morgan fingerprint density at radius 3 is 0.609 bits per heavy atom. The van der Waals surface area contributed by atoms with E-state index in [1.165, 1.54) is 0 Å². The second-order valence-electron chi connectivity index (χ2n) is 4.08. The van der Waals surface area contributed by atoms with E-state index in [0.717, 1.165) is 0 Å². The van der Waals surface area contributed by atoms with Gasteiger partial charge < -0.3 is 0 Å². The van der Waals surface area contributed by atoms with E-state index in [1.807, 2.05) is 125 Å². The summed E-state index contributed by atoms with van der Waals surface area (Å²) in [7, 11) is 0. The summed E-state index contributed by atoms with van der Waals surface area (Å²) in [6, 6.07) is 25.0. The van der Waals surface area contributed by atoms with Gasteiger partial charge in [0.25, 0.3) is 0 Å². The van der Waals surface area contributed by atoms with Gasteiger partial charge in [0, 0.05) is 0 Å². The topological polar surface area (TPSA) is 0 Å². The second kappa shape index (κ2) is 19.2. The Morgan fingerprint density at radius 2 is 0.522 bits per heavy atom. The molecule has 112 valence electrons. The Labute approximate surface area is 158 Å². The van der Waals surface area contributed by atoms with Crippen LogP contribution in [0.3, 0.4) is 0 Å². The predicted molar refractivity (Wildman–Crippen MR) is 93.6 cm³/mol. The molecule has 2 aromatic rings. The molecule has 1 heteroatoms. The van der Waals surface area contributed by atoms with Crippen LogP contribution in [0.4, 0.5) is 0 Å². The molecule has 0 spiro atoms. The Morgan fingerprint density at radius 1 is 0.304 bits per heavy atom. The van der Waals surface area contributed by atoms with Crippen LogP contribution in [-0.2, 0) is 21.7 Å². The maximum Gasteiger partial charge on any atom is 2.00 e. The number of hydrogen-bond acceptors (Lipinski definition) is 0. The van der Waals surface area contributed by atoms with Crippen molar-refractivity contribution in [3.8, 4) is 0 Å². The Kier molecular flexibility index (Phi) is 18.5. The van der Waals surface area contributed by atoms with Gasteiger partial charge in [0.1, 0.15) is 0 Å². The summed E-state index contributed by atoms with van der Waals surface area (Å²) in [5, 5.41) is 0. The first-order chi connectivity index (χ1) is 11.0. The molecule has 0 bridgehead atoms. The smallest absolute Gasteiger partial charge is 0.184 e. The molecule has 2 saturated carbocycles. The van der Waals surface area contributed by atoms with Crippen molar-refractivity contribution in [2.45, 2.75) is 0 Å². The van der Waals surface area contributed by atoms with Crippen molar-refractivity contribution in [2.75, 3.05) is 0 Å². The van der Waals surface area contributed by atoms with Gasteiger partial charge >= 0.3 is 21.7 Å². The largest absolute Gasteiger partial charge is 2.00 e. The molecule has 0 unspecified atom stereocenters. The van der Waals surface area contributed by atoms with Crippen LogP contribution >= 0.6 is 0 Å². The quantitative estimate of drug-likeness (QED) is 0.470. The first-order valence-corrected chi connectivity index (χ1v) is 7.15. The molecule has 2 aliphatic rings. The fraction of sp³-hybridized carbons (Fsp3) is 0. The number of hydrogen-bond donors (Lipinski definition) is 0.